The fourth-order valence-corrected chi connectivity index (χ4v) is 1.21. The number of amides is 2. The van der Waals surface area contributed by atoms with Crippen LogP contribution in [0.3, 0.4) is 0 Å². The van der Waals surface area contributed by atoms with Gasteiger partial charge in [0.1, 0.15) is 5.82 Å². The molecular formula is C10H16N4O2. The van der Waals surface area contributed by atoms with E-state index in [1.165, 1.54) is 13.3 Å². The number of urea groups is 1. The van der Waals surface area contributed by atoms with E-state index in [1.807, 2.05) is 13.8 Å². The van der Waals surface area contributed by atoms with Gasteiger partial charge in [-0.1, -0.05) is 0 Å². The Morgan fingerprint density at radius 1 is 1.50 bits per heavy atom. The molecule has 1 rings (SSSR count). The van der Waals surface area contributed by atoms with Crippen LogP contribution in [-0.2, 0) is 0 Å². The first kappa shape index (κ1) is 12.2. The summed E-state index contributed by atoms with van der Waals surface area (Å²) in [5.41, 5.74) is 0. The summed E-state index contributed by atoms with van der Waals surface area (Å²) in [6, 6.07) is 1.67. The van der Waals surface area contributed by atoms with Crippen molar-refractivity contribution in [2.75, 3.05) is 25.5 Å². The first-order valence-electron chi connectivity index (χ1n) is 5.14. The topological polar surface area (TPSA) is 67.4 Å². The van der Waals surface area contributed by atoms with Crippen molar-refractivity contribution in [1.82, 2.24) is 14.9 Å². The lowest BCUT2D eigenvalue weighted by Crippen LogP contribution is -2.34. The summed E-state index contributed by atoms with van der Waals surface area (Å²) >= 11 is 0. The quantitative estimate of drug-likeness (QED) is 0.838. The van der Waals surface area contributed by atoms with Crippen molar-refractivity contribution in [3.05, 3.63) is 12.3 Å². The first-order valence-corrected chi connectivity index (χ1v) is 5.14. The number of aromatic nitrogens is 2. The van der Waals surface area contributed by atoms with Gasteiger partial charge in [-0.25, -0.2) is 9.78 Å². The van der Waals surface area contributed by atoms with Crippen LogP contribution in [0, 0.1) is 0 Å². The number of rotatable bonds is 4. The summed E-state index contributed by atoms with van der Waals surface area (Å²) in [5, 5.41) is 2.67. The van der Waals surface area contributed by atoms with Gasteiger partial charge in [0, 0.05) is 19.3 Å². The van der Waals surface area contributed by atoms with E-state index in [9.17, 15) is 4.79 Å². The van der Waals surface area contributed by atoms with Gasteiger partial charge >= 0.3 is 12.0 Å². The molecule has 1 aromatic heterocycles. The van der Waals surface area contributed by atoms with E-state index < -0.39 is 0 Å². The summed E-state index contributed by atoms with van der Waals surface area (Å²) < 4.78 is 4.86. The predicted molar refractivity (Wildman–Crippen MR) is 60.5 cm³/mol. The minimum Gasteiger partial charge on any atom is -0.467 e. The number of hydrogen-bond donors (Lipinski definition) is 1. The lowest BCUT2D eigenvalue weighted by atomic mass is 10.5. The van der Waals surface area contributed by atoms with Gasteiger partial charge in [0.15, 0.2) is 0 Å². The molecule has 0 aliphatic carbocycles. The van der Waals surface area contributed by atoms with Gasteiger partial charge in [-0.05, 0) is 19.9 Å². The highest BCUT2D eigenvalue weighted by atomic mass is 16.5. The van der Waals surface area contributed by atoms with Crippen LogP contribution in [0.1, 0.15) is 13.8 Å². The monoisotopic (exact) mass is 224 g/mol. The maximum Gasteiger partial charge on any atom is 0.322 e. The molecule has 88 valence electrons. The predicted octanol–water partition coefficient (Wildman–Crippen LogP) is 1.36. The minimum atomic E-state index is -0.175. The molecule has 0 aliphatic heterocycles. The van der Waals surface area contributed by atoms with Gasteiger partial charge in [0.2, 0.25) is 0 Å². The molecule has 16 heavy (non-hydrogen) atoms. The summed E-state index contributed by atoms with van der Waals surface area (Å²) in [4.78, 5) is 21.2. The van der Waals surface area contributed by atoms with Crippen molar-refractivity contribution in [3.8, 4) is 6.01 Å². The first-order chi connectivity index (χ1) is 7.71. The molecule has 1 N–H and O–H groups in total. The van der Waals surface area contributed by atoms with E-state index in [1.54, 1.807) is 11.0 Å². The lowest BCUT2D eigenvalue weighted by Gasteiger charge is -2.18. The molecule has 6 heteroatoms. The van der Waals surface area contributed by atoms with Crippen molar-refractivity contribution >= 4 is 11.8 Å². The van der Waals surface area contributed by atoms with Gasteiger partial charge in [-0.2, -0.15) is 4.98 Å². The minimum absolute atomic E-state index is 0.175. The summed E-state index contributed by atoms with van der Waals surface area (Å²) in [7, 11) is 1.48. The zero-order valence-corrected chi connectivity index (χ0v) is 9.73. The van der Waals surface area contributed by atoms with Gasteiger partial charge in [-0.15, -0.1) is 0 Å². The fourth-order valence-electron chi connectivity index (χ4n) is 1.21. The third-order valence-corrected chi connectivity index (χ3v) is 2.10. The Labute approximate surface area is 94.6 Å². The highest BCUT2D eigenvalue weighted by Gasteiger charge is 2.10. The van der Waals surface area contributed by atoms with Gasteiger partial charge in [-0.3, -0.25) is 5.32 Å². The Morgan fingerprint density at radius 3 is 2.75 bits per heavy atom. The van der Waals surface area contributed by atoms with Crippen molar-refractivity contribution in [2.24, 2.45) is 0 Å². The molecule has 0 spiro atoms. The molecule has 0 unspecified atom stereocenters. The molecule has 0 aliphatic rings. The summed E-state index contributed by atoms with van der Waals surface area (Å²) in [5.74, 6) is 0.434. The van der Waals surface area contributed by atoms with Crippen LogP contribution < -0.4 is 10.1 Å². The number of methoxy groups -OCH3 is 1. The van der Waals surface area contributed by atoms with Gasteiger partial charge in [0.25, 0.3) is 0 Å². The number of anilines is 1. The molecule has 0 fully saturated rings. The fraction of sp³-hybridized carbons (Fsp3) is 0.500. The maximum absolute atomic E-state index is 11.7. The molecule has 0 bridgehead atoms. The molecule has 0 aromatic carbocycles. The van der Waals surface area contributed by atoms with E-state index >= 15 is 0 Å². The SMILES string of the molecule is CCN(CC)C(=O)Nc1ccnc(OC)n1. The van der Waals surface area contributed by atoms with Crippen molar-refractivity contribution in [3.63, 3.8) is 0 Å². The number of hydrogen-bond acceptors (Lipinski definition) is 4. The third-order valence-electron chi connectivity index (χ3n) is 2.10. The molecule has 1 aromatic rings. The van der Waals surface area contributed by atoms with Crippen molar-refractivity contribution in [1.29, 1.82) is 0 Å². The molecule has 1 heterocycles. The van der Waals surface area contributed by atoms with Crippen LogP contribution in [0.5, 0.6) is 6.01 Å². The second-order valence-corrected chi connectivity index (χ2v) is 3.03. The number of carbonyl (C=O) groups excluding carboxylic acids is 1. The van der Waals surface area contributed by atoms with E-state index in [-0.39, 0.29) is 12.0 Å². The van der Waals surface area contributed by atoms with Crippen LogP contribution in [0.25, 0.3) is 0 Å². The average molecular weight is 224 g/mol. The molecule has 0 saturated carbocycles. The lowest BCUT2D eigenvalue weighted by molar-refractivity contribution is 0.217. The van der Waals surface area contributed by atoms with Crippen LogP contribution in [0.2, 0.25) is 0 Å². The Balaban J connectivity index is 2.68. The van der Waals surface area contributed by atoms with Crippen LogP contribution in [0.15, 0.2) is 12.3 Å². The van der Waals surface area contributed by atoms with E-state index in [0.717, 1.165) is 0 Å². The van der Waals surface area contributed by atoms with Crippen molar-refractivity contribution in [2.45, 2.75) is 13.8 Å². The van der Waals surface area contributed by atoms with Crippen LogP contribution in [0.4, 0.5) is 10.6 Å². The molecule has 0 saturated heterocycles. The summed E-state index contributed by atoms with van der Waals surface area (Å²) in [6.07, 6.45) is 1.53. The number of nitrogens with zero attached hydrogens (tertiary/aromatic N) is 3. The third kappa shape index (κ3) is 3.08. The van der Waals surface area contributed by atoms with Crippen LogP contribution in [-0.4, -0.2) is 41.1 Å². The van der Waals surface area contributed by atoms with E-state index in [2.05, 4.69) is 15.3 Å². The second-order valence-electron chi connectivity index (χ2n) is 3.03. The Kier molecular flexibility index (Phi) is 4.50. The van der Waals surface area contributed by atoms with Gasteiger partial charge < -0.3 is 9.64 Å². The normalized spacial score (nSPS) is 9.69. The van der Waals surface area contributed by atoms with E-state index in [4.69, 9.17) is 4.74 Å². The van der Waals surface area contributed by atoms with E-state index in [0.29, 0.717) is 18.9 Å². The highest BCUT2D eigenvalue weighted by Crippen LogP contribution is 2.07. The second kappa shape index (κ2) is 5.89. The van der Waals surface area contributed by atoms with Crippen LogP contribution >= 0.6 is 0 Å². The molecule has 2 amide bonds. The number of carbonyl (C=O) groups is 1. The van der Waals surface area contributed by atoms with Crippen molar-refractivity contribution < 1.29 is 9.53 Å². The maximum atomic E-state index is 11.7. The van der Waals surface area contributed by atoms with Gasteiger partial charge in [0.05, 0.1) is 7.11 Å². The number of ether oxygens (including phenoxy) is 1. The Morgan fingerprint density at radius 2 is 2.19 bits per heavy atom. The summed E-state index contributed by atoms with van der Waals surface area (Å²) in [6.45, 7) is 5.16. The standard InChI is InChI=1S/C10H16N4O2/c1-4-14(5-2)10(15)13-8-6-7-11-9(12-8)16-3/h6-7H,4-5H2,1-3H3,(H,11,12,13,15). The Bertz CT molecular complexity index is 352. The molecule has 6 nitrogen and oxygen atoms in total. The zero-order chi connectivity index (χ0) is 12.0. The zero-order valence-electron chi connectivity index (χ0n) is 9.73. The molecule has 0 atom stereocenters. The highest BCUT2D eigenvalue weighted by molar-refractivity contribution is 5.88. The molecule has 0 radical (unpaired) electrons. The largest absolute Gasteiger partial charge is 0.467 e. The molecular weight excluding hydrogens is 208 g/mol. The Hall–Kier alpha value is -1.85. The average Bonchev–Trinajstić information content (AvgIpc) is 2.31. The smallest absolute Gasteiger partial charge is 0.322 e. The number of nitrogens with one attached hydrogen (secondary N) is 1.